The third kappa shape index (κ3) is 9.92. The number of nitrogen functional groups attached to an aromatic ring is 1. The first-order valence-electron chi connectivity index (χ1n) is 15.1. The highest BCUT2D eigenvalue weighted by Gasteiger charge is 2.28. The molecule has 44 heavy (non-hydrogen) atoms. The minimum absolute atomic E-state index is 0.0117. The molecule has 0 unspecified atom stereocenters. The number of hydrogen-bond donors (Lipinski definition) is 3. The highest BCUT2D eigenvalue weighted by molar-refractivity contribution is 5.73. The SMILES string of the molecule is COC(=O)C1CCC(CNc2cc(OC)ccc2N)CC1.COC(=O)C1CCC(CNc2cc(OC)ccc2[N+](=O)[O-])CC1. The molecule has 0 heterocycles. The highest BCUT2D eigenvalue weighted by Crippen LogP contribution is 2.33. The number of ether oxygens (including phenoxy) is 4. The molecular weight excluding hydrogens is 568 g/mol. The van der Waals surface area contributed by atoms with E-state index in [4.69, 9.17) is 24.7 Å². The Morgan fingerprint density at radius 1 is 0.750 bits per heavy atom. The van der Waals surface area contributed by atoms with Crippen molar-refractivity contribution >= 4 is 34.7 Å². The molecule has 2 aromatic carbocycles. The van der Waals surface area contributed by atoms with Gasteiger partial charge >= 0.3 is 11.9 Å². The first kappa shape index (κ1) is 34.3. The van der Waals surface area contributed by atoms with E-state index in [9.17, 15) is 19.7 Å². The van der Waals surface area contributed by atoms with Gasteiger partial charge in [-0.1, -0.05) is 0 Å². The monoisotopic (exact) mass is 614 g/mol. The van der Waals surface area contributed by atoms with Gasteiger partial charge < -0.3 is 35.3 Å². The number of nitro groups is 1. The lowest BCUT2D eigenvalue weighted by atomic mass is 9.82. The number of rotatable bonds is 11. The van der Waals surface area contributed by atoms with Crippen LogP contribution in [-0.4, -0.2) is 58.4 Å². The van der Waals surface area contributed by atoms with E-state index in [1.54, 1.807) is 19.2 Å². The lowest BCUT2D eigenvalue weighted by molar-refractivity contribution is -0.384. The summed E-state index contributed by atoms with van der Waals surface area (Å²) in [6.07, 6.45) is 7.32. The Morgan fingerprint density at radius 2 is 1.18 bits per heavy atom. The Morgan fingerprint density at radius 3 is 1.61 bits per heavy atom. The number of methoxy groups -OCH3 is 4. The Balaban J connectivity index is 0.000000241. The van der Waals surface area contributed by atoms with Crippen molar-refractivity contribution in [2.24, 2.45) is 23.7 Å². The summed E-state index contributed by atoms with van der Waals surface area (Å²) < 4.78 is 19.9. The molecule has 0 bridgehead atoms. The number of nitrogens with two attached hydrogens (primary N) is 1. The maximum atomic E-state index is 11.5. The zero-order valence-electron chi connectivity index (χ0n) is 26.1. The Labute approximate surface area is 259 Å². The van der Waals surface area contributed by atoms with Crippen molar-refractivity contribution in [1.29, 1.82) is 0 Å². The molecule has 0 atom stereocenters. The fourth-order valence-electron chi connectivity index (χ4n) is 5.80. The summed E-state index contributed by atoms with van der Waals surface area (Å²) in [4.78, 5) is 33.7. The molecule has 2 aromatic rings. The molecule has 0 radical (unpaired) electrons. The minimum atomic E-state index is -0.407. The summed E-state index contributed by atoms with van der Waals surface area (Å²) in [5.41, 5.74) is 8.09. The van der Waals surface area contributed by atoms with E-state index in [0.29, 0.717) is 29.8 Å². The van der Waals surface area contributed by atoms with Crippen LogP contribution < -0.4 is 25.8 Å². The molecule has 4 rings (SSSR count). The molecular formula is C32H46N4O8. The maximum Gasteiger partial charge on any atom is 0.308 e. The van der Waals surface area contributed by atoms with E-state index in [-0.39, 0.29) is 29.5 Å². The molecule has 2 saturated carbocycles. The van der Waals surface area contributed by atoms with Crippen molar-refractivity contribution in [1.82, 2.24) is 0 Å². The molecule has 0 aliphatic heterocycles. The van der Waals surface area contributed by atoms with Crippen LogP contribution in [0.15, 0.2) is 36.4 Å². The molecule has 0 amide bonds. The Hall–Kier alpha value is -4.22. The summed E-state index contributed by atoms with van der Waals surface area (Å²) in [7, 11) is 6.04. The van der Waals surface area contributed by atoms with Crippen LogP contribution in [0.4, 0.5) is 22.7 Å². The number of nitrogens with one attached hydrogen (secondary N) is 2. The van der Waals surface area contributed by atoms with E-state index in [1.807, 2.05) is 18.2 Å². The fraction of sp³-hybridized carbons (Fsp3) is 0.562. The van der Waals surface area contributed by atoms with Gasteiger partial charge in [0.15, 0.2) is 0 Å². The molecule has 12 nitrogen and oxygen atoms in total. The second-order valence-electron chi connectivity index (χ2n) is 11.3. The van der Waals surface area contributed by atoms with Crippen molar-refractivity contribution in [3.05, 3.63) is 46.5 Å². The van der Waals surface area contributed by atoms with Crippen LogP contribution in [0.5, 0.6) is 11.5 Å². The van der Waals surface area contributed by atoms with Crippen LogP contribution in [0, 0.1) is 33.8 Å². The van der Waals surface area contributed by atoms with Crippen LogP contribution in [0.3, 0.4) is 0 Å². The van der Waals surface area contributed by atoms with E-state index >= 15 is 0 Å². The Bertz CT molecular complexity index is 1240. The quantitative estimate of drug-likeness (QED) is 0.124. The number of carbonyl (C=O) groups excluding carboxylic acids is 2. The fourth-order valence-corrected chi connectivity index (χ4v) is 5.80. The lowest BCUT2D eigenvalue weighted by Crippen LogP contribution is -2.26. The van der Waals surface area contributed by atoms with Crippen molar-refractivity contribution in [2.45, 2.75) is 51.4 Å². The summed E-state index contributed by atoms with van der Waals surface area (Å²) in [6.45, 7) is 1.51. The topological polar surface area (TPSA) is 164 Å². The van der Waals surface area contributed by atoms with Crippen LogP contribution in [0.25, 0.3) is 0 Å². The third-order valence-electron chi connectivity index (χ3n) is 8.59. The van der Waals surface area contributed by atoms with Gasteiger partial charge in [0.25, 0.3) is 5.69 Å². The predicted octanol–water partition coefficient (Wildman–Crippen LogP) is 5.66. The molecule has 2 fully saturated rings. The number of anilines is 3. The average Bonchev–Trinajstić information content (AvgIpc) is 3.06. The van der Waals surface area contributed by atoms with Crippen LogP contribution in [0.2, 0.25) is 0 Å². The Kier molecular flexibility index (Phi) is 13.4. The summed E-state index contributed by atoms with van der Waals surface area (Å²) >= 11 is 0. The van der Waals surface area contributed by atoms with Gasteiger partial charge in [0.1, 0.15) is 17.2 Å². The first-order valence-corrected chi connectivity index (χ1v) is 15.1. The number of esters is 2. The van der Waals surface area contributed by atoms with E-state index < -0.39 is 4.92 Å². The van der Waals surface area contributed by atoms with Gasteiger partial charge in [0.05, 0.1) is 56.6 Å². The molecule has 4 N–H and O–H groups in total. The summed E-state index contributed by atoms with van der Waals surface area (Å²) in [5, 5.41) is 17.7. The van der Waals surface area contributed by atoms with Gasteiger partial charge in [0.2, 0.25) is 0 Å². The zero-order chi connectivity index (χ0) is 32.1. The zero-order valence-corrected chi connectivity index (χ0v) is 26.1. The van der Waals surface area contributed by atoms with Gasteiger partial charge in [-0.15, -0.1) is 0 Å². The van der Waals surface area contributed by atoms with Crippen LogP contribution in [-0.2, 0) is 19.1 Å². The number of benzene rings is 2. The van der Waals surface area contributed by atoms with Crippen molar-refractivity contribution in [2.75, 3.05) is 57.9 Å². The van der Waals surface area contributed by atoms with Crippen LogP contribution >= 0.6 is 0 Å². The molecule has 12 heteroatoms. The third-order valence-corrected chi connectivity index (χ3v) is 8.59. The van der Waals surface area contributed by atoms with E-state index in [2.05, 4.69) is 10.6 Å². The van der Waals surface area contributed by atoms with Gasteiger partial charge in [-0.3, -0.25) is 19.7 Å². The average molecular weight is 615 g/mol. The van der Waals surface area contributed by atoms with Crippen molar-refractivity contribution in [3.63, 3.8) is 0 Å². The second-order valence-corrected chi connectivity index (χ2v) is 11.3. The largest absolute Gasteiger partial charge is 0.497 e. The number of nitrogens with zero attached hydrogens (tertiary/aromatic N) is 1. The van der Waals surface area contributed by atoms with Crippen molar-refractivity contribution < 1.29 is 33.5 Å². The van der Waals surface area contributed by atoms with Crippen LogP contribution in [0.1, 0.15) is 51.4 Å². The van der Waals surface area contributed by atoms with Gasteiger partial charge in [-0.25, -0.2) is 0 Å². The van der Waals surface area contributed by atoms with Crippen molar-refractivity contribution in [3.8, 4) is 11.5 Å². The predicted molar refractivity (Wildman–Crippen MR) is 169 cm³/mol. The normalized spacial score (nSPS) is 21.1. The first-order chi connectivity index (χ1) is 21.2. The number of nitro benzene ring substituents is 1. The van der Waals surface area contributed by atoms with E-state index in [1.165, 1.54) is 27.4 Å². The lowest BCUT2D eigenvalue weighted by Gasteiger charge is -2.27. The molecule has 242 valence electrons. The molecule has 2 aliphatic carbocycles. The molecule has 0 saturated heterocycles. The van der Waals surface area contributed by atoms with Gasteiger partial charge in [0, 0.05) is 31.3 Å². The minimum Gasteiger partial charge on any atom is -0.497 e. The molecule has 0 aromatic heterocycles. The summed E-state index contributed by atoms with van der Waals surface area (Å²) in [6, 6.07) is 10.3. The van der Waals surface area contributed by atoms with E-state index in [0.717, 1.165) is 75.0 Å². The van der Waals surface area contributed by atoms with Gasteiger partial charge in [-0.2, -0.15) is 0 Å². The smallest absolute Gasteiger partial charge is 0.308 e. The number of hydrogen-bond acceptors (Lipinski definition) is 11. The number of carbonyl (C=O) groups is 2. The molecule has 0 spiro atoms. The van der Waals surface area contributed by atoms with Gasteiger partial charge in [-0.05, 0) is 81.4 Å². The molecule has 2 aliphatic rings. The second kappa shape index (κ2) is 17.2. The summed E-state index contributed by atoms with van der Waals surface area (Å²) in [5.74, 6) is 2.18. The standard InChI is InChI=1S/C16H22N2O5.C16H24N2O3/c1-22-13-7-8-15(18(20)21)14(9-13)17-10-11-3-5-12(6-4-11)16(19)23-2;1-20-13-7-8-14(17)15(9-13)18-10-11-3-5-12(6-4-11)16(19)21-2/h7-9,11-12,17H,3-6,10H2,1-2H3;7-9,11-12,18H,3-6,10,17H2,1-2H3. The maximum absolute atomic E-state index is 11.5. The highest BCUT2D eigenvalue weighted by atomic mass is 16.6.